The van der Waals surface area contributed by atoms with E-state index in [0.717, 1.165) is 48.5 Å². The summed E-state index contributed by atoms with van der Waals surface area (Å²) >= 11 is 0. The van der Waals surface area contributed by atoms with Gasteiger partial charge in [0.2, 0.25) is 5.91 Å². The Morgan fingerprint density at radius 3 is 2.86 bits per heavy atom. The molecule has 2 fully saturated rings. The minimum Gasteiger partial charge on any atom is -0.504 e. The highest BCUT2D eigenvalue weighted by Crippen LogP contribution is 2.64. The van der Waals surface area contributed by atoms with Crippen molar-refractivity contribution in [1.82, 2.24) is 9.80 Å². The van der Waals surface area contributed by atoms with E-state index in [1.807, 2.05) is 31.3 Å². The predicted molar refractivity (Wildman–Crippen MR) is 141 cm³/mol. The number of aromatic hydroxyl groups is 1. The third kappa shape index (κ3) is 3.28. The van der Waals surface area contributed by atoms with Crippen LogP contribution in [0.25, 0.3) is 0 Å². The van der Waals surface area contributed by atoms with E-state index in [0.29, 0.717) is 18.6 Å². The van der Waals surface area contributed by atoms with Crippen LogP contribution in [-0.4, -0.2) is 69.8 Å². The van der Waals surface area contributed by atoms with Gasteiger partial charge in [0.15, 0.2) is 11.5 Å². The van der Waals surface area contributed by atoms with Crippen molar-refractivity contribution in [3.8, 4) is 11.5 Å². The smallest absolute Gasteiger partial charge is 0.223 e. The van der Waals surface area contributed by atoms with E-state index in [2.05, 4.69) is 30.0 Å². The molecule has 0 radical (unpaired) electrons. The minimum absolute atomic E-state index is 0.0320. The summed E-state index contributed by atoms with van der Waals surface area (Å²) in [5.74, 6) is 1.42. The van der Waals surface area contributed by atoms with Gasteiger partial charge in [-0.1, -0.05) is 48.0 Å². The largest absolute Gasteiger partial charge is 0.504 e. The molecule has 194 valence electrons. The Hall–Kier alpha value is -2.83. The van der Waals surface area contributed by atoms with Gasteiger partial charge in [0.1, 0.15) is 11.7 Å². The molecule has 2 aromatic carbocycles. The normalized spacial score (nSPS) is 33.1. The van der Waals surface area contributed by atoms with Gasteiger partial charge in [0.25, 0.3) is 0 Å². The summed E-state index contributed by atoms with van der Waals surface area (Å²) in [6.07, 6.45) is 8.67. The van der Waals surface area contributed by atoms with Crippen LogP contribution in [0.1, 0.15) is 47.9 Å². The van der Waals surface area contributed by atoms with E-state index in [1.54, 1.807) is 11.0 Å². The number of piperidine rings is 1. The van der Waals surface area contributed by atoms with Gasteiger partial charge >= 0.3 is 0 Å². The lowest BCUT2D eigenvalue weighted by atomic mass is 9.50. The zero-order valence-electron chi connectivity index (χ0n) is 21.7. The van der Waals surface area contributed by atoms with Crippen LogP contribution >= 0.6 is 0 Å². The number of likely N-dealkylation sites (N-methyl/N-ethyl adjacent to an activating group) is 1. The lowest BCUT2D eigenvalue weighted by Crippen LogP contribution is -2.76. The Balaban J connectivity index is 1.24. The van der Waals surface area contributed by atoms with Gasteiger partial charge in [0, 0.05) is 31.6 Å². The number of likely N-dealkylation sites (tertiary alicyclic amines) is 1. The highest BCUT2D eigenvalue weighted by Gasteiger charge is 2.72. The number of phenols is 1. The minimum atomic E-state index is -1.10. The first-order valence-electron chi connectivity index (χ1n) is 13.8. The molecule has 2 bridgehead atoms. The maximum atomic E-state index is 13.4. The number of rotatable bonds is 6. The fourth-order valence-electron chi connectivity index (χ4n) is 7.81. The Bertz CT molecular complexity index is 1300. The first kappa shape index (κ1) is 23.3. The van der Waals surface area contributed by atoms with Gasteiger partial charge in [-0.25, -0.2) is 0 Å². The monoisotopic (exact) mass is 500 g/mol. The van der Waals surface area contributed by atoms with Gasteiger partial charge < -0.3 is 19.8 Å². The lowest BCUT2D eigenvalue weighted by molar-refractivity contribution is -0.156. The zero-order valence-corrected chi connectivity index (χ0v) is 21.7. The molecule has 6 heteroatoms. The van der Waals surface area contributed by atoms with Crippen molar-refractivity contribution < 1.29 is 19.7 Å². The van der Waals surface area contributed by atoms with Gasteiger partial charge in [0.05, 0.1) is 11.5 Å². The van der Waals surface area contributed by atoms with Crippen molar-refractivity contribution >= 4 is 5.91 Å². The number of hydrogen-bond acceptors (Lipinski definition) is 5. The number of carbonyl (C=O) groups is 1. The van der Waals surface area contributed by atoms with Crippen molar-refractivity contribution in [2.75, 3.05) is 20.1 Å². The number of nitrogens with zero attached hydrogens (tertiary/aromatic N) is 2. The molecule has 5 atom stereocenters. The molecule has 0 aromatic heterocycles. The molecular formula is C31H36N2O4. The first-order valence-corrected chi connectivity index (χ1v) is 13.8. The van der Waals surface area contributed by atoms with Crippen LogP contribution in [0.4, 0.5) is 0 Å². The number of amides is 1. The summed E-state index contributed by atoms with van der Waals surface area (Å²) in [6, 6.07) is 11.7. The quantitative estimate of drug-likeness (QED) is 0.594. The second-order valence-electron chi connectivity index (χ2n) is 12.0. The average Bonchev–Trinajstić information content (AvgIpc) is 3.62. The number of hydrogen-bond donors (Lipinski definition) is 2. The molecule has 1 saturated heterocycles. The Labute approximate surface area is 218 Å². The van der Waals surface area contributed by atoms with Gasteiger partial charge in [-0.15, -0.1) is 0 Å². The van der Waals surface area contributed by atoms with E-state index in [9.17, 15) is 15.0 Å². The number of aliphatic hydroxyl groups is 1. The van der Waals surface area contributed by atoms with Crippen LogP contribution in [0.5, 0.6) is 11.5 Å². The van der Waals surface area contributed by atoms with Crippen LogP contribution in [0.3, 0.4) is 0 Å². The van der Waals surface area contributed by atoms with Crippen molar-refractivity contribution in [1.29, 1.82) is 0 Å². The van der Waals surface area contributed by atoms with Crippen LogP contribution in [0.2, 0.25) is 0 Å². The Morgan fingerprint density at radius 2 is 2.08 bits per heavy atom. The highest BCUT2D eigenvalue weighted by molar-refractivity contribution is 5.77. The predicted octanol–water partition coefficient (Wildman–Crippen LogP) is 3.50. The lowest BCUT2D eigenvalue weighted by Gasteiger charge is -2.62. The van der Waals surface area contributed by atoms with Crippen molar-refractivity contribution in [3.63, 3.8) is 0 Å². The van der Waals surface area contributed by atoms with E-state index < -0.39 is 17.1 Å². The maximum Gasteiger partial charge on any atom is 0.223 e. The molecule has 1 spiro atoms. The fourth-order valence-corrected chi connectivity index (χ4v) is 7.81. The standard InChI is InChI=1S/C31H36N2O4/c1-19-4-3-5-20(16-19)8-11-26(35)32(2)23-12-13-31(36)25-17-22-9-10-24(34)28-27(22)30(31,29(23)37-28)14-15-33(25)18-21-6-7-21/h3-5,9-10,12-13,16,21,23,25,29,34,36H,6-8,11,14-15,17-18H2,1-2H3/t23?,25-,29?,30+,31-/m1/s1. The number of ether oxygens (including phenoxy) is 1. The van der Waals surface area contributed by atoms with Crippen LogP contribution in [0.15, 0.2) is 48.6 Å². The van der Waals surface area contributed by atoms with Gasteiger partial charge in [-0.05, 0) is 68.7 Å². The number of carbonyl (C=O) groups excluding carboxylic acids is 1. The summed E-state index contributed by atoms with van der Waals surface area (Å²) in [5, 5.41) is 23.3. The van der Waals surface area contributed by atoms with E-state index in [-0.39, 0.29) is 23.7 Å². The molecule has 3 aliphatic carbocycles. The molecule has 2 heterocycles. The van der Waals surface area contributed by atoms with Crippen LogP contribution in [-0.2, 0) is 23.1 Å². The molecule has 5 aliphatic rings. The summed E-state index contributed by atoms with van der Waals surface area (Å²) < 4.78 is 6.59. The third-order valence-electron chi connectivity index (χ3n) is 9.87. The van der Waals surface area contributed by atoms with Crippen molar-refractivity contribution in [2.45, 2.75) is 74.7 Å². The van der Waals surface area contributed by atoms with Crippen molar-refractivity contribution in [2.24, 2.45) is 5.92 Å². The van der Waals surface area contributed by atoms with E-state index in [1.165, 1.54) is 18.4 Å². The maximum absolute atomic E-state index is 13.4. The molecule has 1 amide bonds. The molecule has 7 rings (SSSR count). The van der Waals surface area contributed by atoms with Crippen molar-refractivity contribution in [3.05, 3.63) is 70.8 Å². The molecule has 1 saturated carbocycles. The second-order valence-corrected chi connectivity index (χ2v) is 12.0. The molecule has 6 nitrogen and oxygen atoms in total. The second kappa shape index (κ2) is 8.08. The topological polar surface area (TPSA) is 73.2 Å². The molecule has 2 aliphatic heterocycles. The fraction of sp³-hybridized carbons (Fsp3) is 0.516. The van der Waals surface area contributed by atoms with E-state index in [4.69, 9.17) is 4.74 Å². The van der Waals surface area contributed by atoms with Crippen LogP contribution < -0.4 is 4.74 Å². The summed E-state index contributed by atoms with van der Waals surface area (Å²) in [4.78, 5) is 17.7. The van der Waals surface area contributed by atoms with Gasteiger partial charge in [-0.2, -0.15) is 0 Å². The molecule has 2 unspecified atom stereocenters. The first-order chi connectivity index (χ1) is 17.8. The highest BCUT2D eigenvalue weighted by atomic mass is 16.5. The van der Waals surface area contributed by atoms with Gasteiger partial charge in [-0.3, -0.25) is 9.69 Å². The zero-order chi connectivity index (χ0) is 25.5. The van der Waals surface area contributed by atoms with Crippen LogP contribution in [0, 0.1) is 12.8 Å². The Kier molecular flexibility index (Phi) is 5.09. The average molecular weight is 501 g/mol. The Morgan fingerprint density at radius 1 is 1.24 bits per heavy atom. The number of benzene rings is 2. The number of aryl methyl sites for hydroxylation is 2. The summed E-state index contributed by atoms with van der Waals surface area (Å²) in [5.41, 5.74) is 2.71. The summed E-state index contributed by atoms with van der Waals surface area (Å²) in [7, 11) is 1.85. The molecule has 2 aromatic rings. The van der Waals surface area contributed by atoms with E-state index >= 15 is 0 Å². The SMILES string of the molecule is Cc1cccc(CCC(=O)N(C)C2C=C[C@@]3(O)[C@H]4Cc5ccc(O)c6c5[C@@]3(CCN4CC3CC3)C2O6)c1. The number of phenolic OH excluding ortho intramolecular Hbond substituents is 1. The molecule has 37 heavy (non-hydrogen) atoms. The summed E-state index contributed by atoms with van der Waals surface area (Å²) in [6.45, 7) is 3.99. The molecular weight excluding hydrogens is 464 g/mol. The third-order valence-corrected chi connectivity index (χ3v) is 9.87. The molecule has 2 N–H and O–H groups in total.